The summed E-state index contributed by atoms with van der Waals surface area (Å²) in [6.07, 6.45) is 0. The van der Waals surface area contributed by atoms with Crippen molar-refractivity contribution < 1.29 is 13.3 Å². The SMILES string of the molecule is CCN(Cc1ccc(C)cc1)S(=O)(=O)c1cccc([N+](=O)[O-])c1. The third kappa shape index (κ3) is 3.94. The molecule has 0 spiro atoms. The zero-order valence-corrected chi connectivity index (χ0v) is 13.8. The van der Waals surface area contributed by atoms with Crippen LogP contribution >= 0.6 is 0 Å². The smallest absolute Gasteiger partial charge is 0.258 e. The largest absolute Gasteiger partial charge is 0.270 e. The Labute approximate surface area is 135 Å². The Kier molecular flexibility index (Phi) is 5.12. The number of non-ortho nitro benzene ring substituents is 1. The van der Waals surface area contributed by atoms with Crippen LogP contribution in [0.25, 0.3) is 0 Å². The van der Waals surface area contributed by atoms with E-state index < -0.39 is 14.9 Å². The van der Waals surface area contributed by atoms with Gasteiger partial charge in [-0.2, -0.15) is 4.31 Å². The summed E-state index contributed by atoms with van der Waals surface area (Å²) in [6.45, 7) is 4.20. The van der Waals surface area contributed by atoms with Crippen LogP contribution in [0.4, 0.5) is 5.69 Å². The lowest BCUT2D eigenvalue weighted by Crippen LogP contribution is -2.30. The number of nitrogens with zero attached hydrogens (tertiary/aromatic N) is 2. The van der Waals surface area contributed by atoms with Crippen LogP contribution in [0, 0.1) is 17.0 Å². The first-order valence-electron chi connectivity index (χ1n) is 7.14. The van der Waals surface area contributed by atoms with E-state index in [1.54, 1.807) is 6.92 Å². The Morgan fingerprint density at radius 1 is 1.13 bits per heavy atom. The van der Waals surface area contributed by atoms with Crippen molar-refractivity contribution in [3.05, 3.63) is 69.8 Å². The molecule has 0 aliphatic heterocycles. The summed E-state index contributed by atoms with van der Waals surface area (Å²) in [5.41, 5.74) is 1.72. The molecule has 6 nitrogen and oxygen atoms in total. The highest BCUT2D eigenvalue weighted by Gasteiger charge is 2.24. The molecule has 0 amide bonds. The van der Waals surface area contributed by atoms with E-state index in [2.05, 4.69) is 0 Å². The molecule has 0 saturated carbocycles. The highest BCUT2D eigenvalue weighted by Crippen LogP contribution is 2.22. The Morgan fingerprint density at radius 2 is 1.78 bits per heavy atom. The number of aryl methyl sites for hydroxylation is 1. The first-order chi connectivity index (χ1) is 10.8. The predicted octanol–water partition coefficient (Wildman–Crippen LogP) is 3.11. The van der Waals surface area contributed by atoms with Crippen molar-refractivity contribution in [1.29, 1.82) is 0 Å². The summed E-state index contributed by atoms with van der Waals surface area (Å²) >= 11 is 0. The van der Waals surface area contributed by atoms with Crippen molar-refractivity contribution in [3.8, 4) is 0 Å². The monoisotopic (exact) mass is 334 g/mol. The van der Waals surface area contributed by atoms with E-state index in [0.717, 1.165) is 17.2 Å². The molecule has 0 atom stereocenters. The van der Waals surface area contributed by atoms with Gasteiger partial charge in [0.1, 0.15) is 0 Å². The van der Waals surface area contributed by atoms with Crippen LogP contribution in [0.2, 0.25) is 0 Å². The normalized spacial score (nSPS) is 11.6. The van der Waals surface area contributed by atoms with Gasteiger partial charge in [-0.05, 0) is 18.6 Å². The third-order valence-corrected chi connectivity index (χ3v) is 5.42. The van der Waals surface area contributed by atoms with Gasteiger partial charge in [0, 0.05) is 25.2 Å². The van der Waals surface area contributed by atoms with Crippen LogP contribution in [-0.2, 0) is 16.6 Å². The number of hydrogen-bond donors (Lipinski definition) is 0. The van der Waals surface area contributed by atoms with E-state index in [-0.39, 0.29) is 23.7 Å². The maximum atomic E-state index is 12.7. The second-order valence-electron chi connectivity index (χ2n) is 5.17. The van der Waals surface area contributed by atoms with Crippen LogP contribution in [0.1, 0.15) is 18.1 Å². The summed E-state index contributed by atoms with van der Waals surface area (Å²) in [4.78, 5) is 10.2. The van der Waals surface area contributed by atoms with Gasteiger partial charge >= 0.3 is 0 Å². The molecule has 0 aliphatic rings. The second kappa shape index (κ2) is 6.89. The summed E-state index contributed by atoms with van der Waals surface area (Å²) < 4.78 is 26.7. The lowest BCUT2D eigenvalue weighted by atomic mass is 10.1. The van der Waals surface area contributed by atoms with Gasteiger partial charge in [-0.3, -0.25) is 10.1 Å². The average molecular weight is 334 g/mol. The van der Waals surface area contributed by atoms with Crippen molar-refractivity contribution in [3.63, 3.8) is 0 Å². The van der Waals surface area contributed by atoms with Gasteiger partial charge in [0.05, 0.1) is 9.82 Å². The molecule has 0 heterocycles. The number of benzene rings is 2. The Hall–Kier alpha value is -2.25. The Bertz CT molecular complexity index is 801. The summed E-state index contributed by atoms with van der Waals surface area (Å²) in [7, 11) is -3.79. The highest BCUT2D eigenvalue weighted by molar-refractivity contribution is 7.89. The van der Waals surface area contributed by atoms with Gasteiger partial charge in [-0.15, -0.1) is 0 Å². The molecule has 2 aromatic rings. The van der Waals surface area contributed by atoms with Gasteiger partial charge in [-0.25, -0.2) is 8.42 Å². The van der Waals surface area contributed by atoms with Crippen LogP contribution in [0.15, 0.2) is 53.4 Å². The minimum absolute atomic E-state index is 0.0688. The molecule has 0 saturated heterocycles. The molecule has 2 aromatic carbocycles. The standard InChI is InChI=1S/C16H18N2O4S/c1-3-17(12-14-9-7-13(2)8-10-14)23(21,22)16-6-4-5-15(11-16)18(19)20/h4-11H,3,12H2,1-2H3. The van der Waals surface area contributed by atoms with Crippen molar-refractivity contribution in [2.24, 2.45) is 0 Å². The molecule has 0 unspecified atom stereocenters. The number of hydrogen-bond acceptors (Lipinski definition) is 4. The zero-order chi connectivity index (χ0) is 17.0. The molecule has 0 radical (unpaired) electrons. The summed E-state index contributed by atoms with van der Waals surface area (Å²) in [5.74, 6) is 0. The van der Waals surface area contributed by atoms with Crippen LogP contribution < -0.4 is 0 Å². The maximum Gasteiger partial charge on any atom is 0.270 e. The van der Waals surface area contributed by atoms with Crippen LogP contribution in [0.3, 0.4) is 0 Å². The molecule has 0 N–H and O–H groups in total. The topological polar surface area (TPSA) is 80.5 Å². The second-order valence-corrected chi connectivity index (χ2v) is 7.11. The quantitative estimate of drug-likeness (QED) is 0.600. The van der Waals surface area contributed by atoms with Crippen LogP contribution in [-0.4, -0.2) is 24.2 Å². The van der Waals surface area contributed by atoms with E-state index in [1.165, 1.54) is 22.5 Å². The lowest BCUT2D eigenvalue weighted by molar-refractivity contribution is -0.385. The predicted molar refractivity (Wildman–Crippen MR) is 87.5 cm³/mol. The van der Waals surface area contributed by atoms with E-state index in [0.29, 0.717) is 0 Å². The van der Waals surface area contributed by atoms with Crippen molar-refractivity contribution in [2.75, 3.05) is 6.54 Å². The van der Waals surface area contributed by atoms with Gasteiger partial charge in [0.15, 0.2) is 0 Å². The zero-order valence-electron chi connectivity index (χ0n) is 13.0. The van der Waals surface area contributed by atoms with Gasteiger partial charge in [0.25, 0.3) is 5.69 Å². The number of rotatable bonds is 6. The molecular weight excluding hydrogens is 316 g/mol. The summed E-state index contributed by atoms with van der Waals surface area (Å²) in [5, 5.41) is 10.8. The Morgan fingerprint density at radius 3 is 2.35 bits per heavy atom. The highest BCUT2D eigenvalue weighted by atomic mass is 32.2. The molecular formula is C16H18N2O4S. The minimum Gasteiger partial charge on any atom is -0.258 e. The van der Waals surface area contributed by atoms with Gasteiger partial charge < -0.3 is 0 Å². The molecule has 122 valence electrons. The van der Waals surface area contributed by atoms with Crippen molar-refractivity contribution >= 4 is 15.7 Å². The van der Waals surface area contributed by atoms with Gasteiger partial charge in [0.2, 0.25) is 10.0 Å². The first-order valence-corrected chi connectivity index (χ1v) is 8.58. The molecule has 23 heavy (non-hydrogen) atoms. The average Bonchev–Trinajstić information content (AvgIpc) is 2.54. The summed E-state index contributed by atoms with van der Waals surface area (Å²) in [6, 6.07) is 12.7. The van der Waals surface area contributed by atoms with E-state index in [9.17, 15) is 18.5 Å². The fraction of sp³-hybridized carbons (Fsp3) is 0.250. The molecule has 0 fully saturated rings. The lowest BCUT2D eigenvalue weighted by Gasteiger charge is -2.20. The maximum absolute atomic E-state index is 12.7. The van der Waals surface area contributed by atoms with Crippen molar-refractivity contribution in [1.82, 2.24) is 4.31 Å². The molecule has 0 aliphatic carbocycles. The fourth-order valence-electron chi connectivity index (χ4n) is 2.17. The fourth-order valence-corrected chi connectivity index (χ4v) is 3.65. The van der Waals surface area contributed by atoms with Crippen LogP contribution in [0.5, 0.6) is 0 Å². The molecule has 0 aromatic heterocycles. The molecule has 2 rings (SSSR count). The number of nitro benzene ring substituents is 1. The molecule has 7 heteroatoms. The Balaban J connectivity index is 2.33. The third-order valence-electron chi connectivity index (χ3n) is 3.50. The number of sulfonamides is 1. The number of nitro groups is 1. The minimum atomic E-state index is -3.79. The molecule has 0 bridgehead atoms. The van der Waals surface area contributed by atoms with Crippen molar-refractivity contribution in [2.45, 2.75) is 25.3 Å². The van der Waals surface area contributed by atoms with E-state index >= 15 is 0 Å². The van der Waals surface area contributed by atoms with Gasteiger partial charge in [-0.1, -0.05) is 42.8 Å². The first kappa shape index (κ1) is 17.1. The van der Waals surface area contributed by atoms with E-state index in [4.69, 9.17) is 0 Å². The van der Waals surface area contributed by atoms with E-state index in [1.807, 2.05) is 31.2 Å².